The lowest BCUT2D eigenvalue weighted by Crippen LogP contribution is -2.28. The Hall–Kier alpha value is -1.44. The molecule has 1 fully saturated rings. The normalized spacial score (nSPS) is 15.1. The number of benzene rings is 1. The van der Waals surface area contributed by atoms with E-state index in [9.17, 15) is 4.39 Å². The van der Waals surface area contributed by atoms with Crippen molar-refractivity contribution in [3.05, 3.63) is 52.0 Å². The van der Waals surface area contributed by atoms with E-state index in [1.807, 2.05) is 12.3 Å². The zero-order valence-corrected chi connectivity index (χ0v) is 20.8. The fraction of sp³-hybridized carbons (Fsp3) is 0.409. The van der Waals surface area contributed by atoms with Crippen molar-refractivity contribution in [3.8, 4) is 5.75 Å². The second-order valence-electron chi connectivity index (χ2n) is 7.78. The van der Waals surface area contributed by atoms with Crippen molar-refractivity contribution in [2.24, 2.45) is 5.92 Å². The Balaban J connectivity index is 0.00000181. The Kier molecular flexibility index (Phi) is 9.73. The van der Waals surface area contributed by atoms with Crippen LogP contribution in [0.2, 0.25) is 10.0 Å². The Morgan fingerprint density at radius 3 is 2.69 bits per heavy atom. The largest absolute Gasteiger partial charge is 0.481 e. The number of nitrogens with two attached hydrogens (primary N) is 1. The number of hydrogen-bond acceptors (Lipinski definition) is 4. The number of fused-ring (bicyclic) bond motifs is 1. The van der Waals surface area contributed by atoms with Gasteiger partial charge in [-0.15, -0.1) is 24.8 Å². The van der Waals surface area contributed by atoms with E-state index in [-0.39, 0.29) is 35.7 Å². The number of nitrogens with one attached hydrogen (secondary N) is 1. The number of ether oxygens (including phenoxy) is 1. The molecule has 1 aromatic carbocycles. The Morgan fingerprint density at radius 2 is 1.97 bits per heavy atom. The van der Waals surface area contributed by atoms with Gasteiger partial charge in [0.2, 0.25) is 0 Å². The topological polar surface area (TPSA) is 65.1 Å². The van der Waals surface area contributed by atoms with E-state index < -0.39 is 11.9 Å². The zero-order chi connectivity index (χ0) is 21.3. The predicted octanol–water partition coefficient (Wildman–Crippen LogP) is 6.44. The maximum absolute atomic E-state index is 13.9. The van der Waals surface area contributed by atoms with Gasteiger partial charge in [-0.1, -0.05) is 23.2 Å². The van der Waals surface area contributed by atoms with Crippen LogP contribution in [-0.4, -0.2) is 22.6 Å². The van der Waals surface area contributed by atoms with Crippen LogP contribution in [0.1, 0.15) is 37.9 Å². The van der Waals surface area contributed by atoms with E-state index in [1.165, 1.54) is 25.0 Å². The number of hydrogen-bond donors (Lipinski definition) is 2. The first kappa shape index (κ1) is 26.8. The van der Waals surface area contributed by atoms with Gasteiger partial charge in [0.1, 0.15) is 11.9 Å². The van der Waals surface area contributed by atoms with Crippen LogP contribution in [0.3, 0.4) is 0 Å². The molecule has 0 saturated carbocycles. The molecule has 3 aromatic rings. The zero-order valence-electron chi connectivity index (χ0n) is 17.6. The highest BCUT2D eigenvalue weighted by Gasteiger charge is 2.22. The second kappa shape index (κ2) is 11.6. The smallest absolute Gasteiger partial charge is 0.171 e. The third-order valence-electron chi connectivity index (χ3n) is 5.83. The summed E-state index contributed by atoms with van der Waals surface area (Å²) in [4.78, 5) is 4.33. The minimum atomic E-state index is -0.603. The quantitative estimate of drug-likeness (QED) is 0.365. The van der Waals surface area contributed by atoms with Gasteiger partial charge in [0.05, 0.1) is 16.7 Å². The molecule has 32 heavy (non-hydrogen) atoms. The van der Waals surface area contributed by atoms with Gasteiger partial charge in [0, 0.05) is 28.7 Å². The number of nitrogen functional groups attached to an aromatic ring is 1. The van der Waals surface area contributed by atoms with Crippen LogP contribution >= 0.6 is 48.0 Å². The van der Waals surface area contributed by atoms with Crippen LogP contribution in [0.4, 0.5) is 10.2 Å². The molecule has 0 bridgehead atoms. The molecule has 3 heterocycles. The minimum Gasteiger partial charge on any atom is -0.481 e. The average molecular weight is 524 g/mol. The fourth-order valence-corrected chi connectivity index (χ4v) is 4.79. The molecule has 4 rings (SSSR count). The molecule has 5 nitrogen and oxygen atoms in total. The lowest BCUT2D eigenvalue weighted by Gasteiger charge is -2.23. The van der Waals surface area contributed by atoms with Gasteiger partial charge in [-0.2, -0.15) is 0 Å². The molecule has 1 aliphatic heterocycles. The number of nitrogens with zero attached hydrogens (tertiary/aromatic N) is 2. The standard InChI is InChI=1S/C22H25Cl2FN4O.2ClH/c1-13(19-16(23)2-3-17(25)20(19)24)30-21-15-7-11-29(18(15)12-28-22(21)26)10-6-14-4-8-27-9-5-14;;/h2-3,7,11-14,27H,4-6,8-10H2,1H3,(H2,26,28);2*1H/t13-;;/m1../s1. The maximum Gasteiger partial charge on any atom is 0.171 e. The first-order valence-corrected chi connectivity index (χ1v) is 11.0. The number of pyridine rings is 1. The summed E-state index contributed by atoms with van der Waals surface area (Å²) in [6.45, 7) is 4.86. The van der Waals surface area contributed by atoms with Gasteiger partial charge >= 0.3 is 0 Å². The van der Waals surface area contributed by atoms with E-state index in [1.54, 1.807) is 13.1 Å². The Labute approximate surface area is 209 Å². The average Bonchev–Trinajstić information content (AvgIpc) is 3.15. The summed E-state index contributed by atoms with van der Waals surface area (Å²) in [6.07, 6.45) is 6.75. The number of anilines is 1. The summed E-state index contributed by atoms with van der Waals surface area (Å²) in [6, 6.07) is 4.68. The molecule has 3 N–H and O–H groups in total. The van der Waals surface area contributed by atoms with Gasteiger partial charge in [-0.3, -0.25) is 0 Å². The van der Waals surface area contributed by atoms with E-state index in [0.29, 0.717) is 16.3 Å². The molecule has 176 valence electrons. The second-order valence-corrected chi connectivity index (χ2v) is 8.56. The molecule has 0 radical (unpaired) electrons. The van der Waals surface area contributed by atoms with Crippen molar-refractivity contribution in [1.82, 2.24) is 14.9 Å². The van der Waals surface area contributed by atoms with E-state index in [2.05, 4.69) is 14.9 Å². The molecule has 0 amide bonds. The van der Waals surface area contributed by atoms with Crippen molar-refractivity contribution in [1.29, 1.82) is 0 Å². The van der Waals surface area contributed by atoms with E-state index >= 15 is 0 Å². The molecule has 1 saturated heterocycles. The summed E-state index contributed by atoms with van der Waals surface area (Å²) < 4.78 is 22.2. The van der Waals surface area contributed by atoms with Gasteiger partial charge < -0.3 is 20.4 Å². The third-order valence-corrected chi connectivity index (χ3v) is 6.54. The molecule has 1 aliphatic rings. The molecule has 1 atom stereocenters. The molecule has 0 aliphatic carbocycles. The number of aromatic nitrogens is 2. The SMILES string of the molecule is C[C@@H](Oc1c(N)ncc2c1ccn2CCC1CCNCC1)c1c(Cl)ccc(F)c1Cl.Cl.Cl. The van der Waals surface area contributed by atoms with Gasteiger partial charge in [-0.05, 0) is 63.4 Å². The van der Waals surface area contributed by atoms with Crippen LogP contribution in [0, 0.1) is 11.7 Å². The number of halogens is 5. The summed E-state index contributed by atoms with van der Waals surface area (Å²) in [5.41, 5.74) is 7.47. The predicted molar refractivity (Wildman–Crippen MR) is 134 cm³/mol. The van der Waals surface area contributed by atoms with Crippen LogP contribution < -0.4 is 15.8 Å². The fourth-order valence-electron chi connectivity index (χ4n) is 4.11. The molecule has 10 heteroatoms. The highest BCUT2D eigenvalue weighted by Crippen LogP contribution is 2.38. The molecule has 2 aromatic heterocycles. The third kappa shape index (κ3) is 5.54. The van der Waals surface area contributed by atoms with Crippen molar-refractivity contribution in [2.45, 2.75) is 38.8 Å². The summed E-state index contributed by atoms with van der Waals surface area (Å²) in [5.74, 6) is 0.921. The summed E-state index contributed by atoms with van der Waals surface area (Å²) >= 11 is 12.4. The van der Waals surface area contributed by atoms with Crippen LogP contribution in [-0.2, 0) is 6.54 Å². The number of aryl methyl sites for hydroxylation is 1. The lowest BCUT2D eigenvalue weighted by atomic mass is 9.95. The Morgan fingerprint density at radius 1 is 1.25 bits per heavy atom. The van der Waals surface area contributed by atoms with Crippen molar-refractivity contribution < 1.29 is 9.13 Å². The van der Waals surface area contributed by atoms with Gasteiger partial charge in [-0.25, -0.2) is 9.37 Å². The first-order chi connectivity index (χ1) is 14.5. The summed E-state index contributed by atoms with van der Waals surface area (Å²) in [5, 5.41) is 4.56. The van der Waals surface area contributed by atoms with Crippen molar-refractivity contribution in [2.75, 3.05) is 18.8 Å². The van der Waals surface area contributed by atoms with Gasteiger partial charge in [0.15, 0.2) is 11.6 Å². The maximum atomic E-state index is 13.9. The van der Waals surface area contributed by atoms with E-state index in [4.69, 9.17) is 33.7 Å². The van der Waals surface area contributed by atoms with E-state index in [0.717, 1.165) is 42.9 Å². The highest BCUT2D eigenvalue weighted by atomic mass is 35.5. The molecule has 0 unspecified atom stereocenters. The van der Waals surface area contributed by atoms with Crippen LogP contribution in [0.15, 0.2) is 30.6 Å². The highest BCUT2D eigenvalue weighted by molar-refractivity contribution is 6.36. The lowest BCUT2D eigenvalue weighted by molar-refractivity contribution is 0.230. The van der Waals surface area contributed by atoms with Crippen molar-refractivity contribution >= 4 is 64.7 Å². The van der Waals surface area contributed by atoms with Gasteiger partial charge in [0.25, 0.3) is 0 Å². The van der Waals surface area contributed by atoms with Crippen LogP contribution in [0.5, 0.6) is 5.75 Å². The summed E-state index contributed by atoms with van der Waals surface area (Å²) in [7, 11) is 0. The molecule has 0 spiro atoms. The number of rotatable bonds is 6. The minimum absolute atomic E-state index is 0. The number of piperidine rings is 1. The molecular formula is C22H27Cl4FN4O. The van der Waals surface area contributed by atoms with Crippen molar-refractivity contribution in [3.63, 3.8) is 0 Å². The Bertz CT molecular complexity index is 1060. The molecular weight excluding hydrogens is 497 g/mol. The monoisotopic (exact) mass is 522 g/mol. The first-order valence-electron chi connectivity index (χ1n) is 10.2. The van der Waals surface area contributed by atoms with Crippen LogP contribution in [0.25, 0.3) is 10.9 Å².